The van der Waals surface area contributed by atoms with Gasteiger partial charge in [-0.2, -0.15) is 0 Å². The first-order valence-corrected chi connectivity index (χ1v) is 28.9. The first kappa shape index (κ1) is 64.7. The third-order valence-corrected chi connectivity index (χ3v) is 21.3. The minimum atomic E-state index is -1.96. The van der Waals surface area contributed by atoms with E-state index in [-0.39, 0.29) is 46.5 Å². The second-order valence-corrected chi connectivity index (χ2v) is 27.1. The Labute approximate surface area is 465 Å². The Bertz CT molecular complexity index is 2100. The summed E-state index contributed by atoms with van der Waals surface area (Å²) >= 11 is 0. The highest BCUT2D eigenvalue weighted by Gasteiger charge is 2.70. The first-order valence-electron chi connectivity index (χ1n) is 28.9. The summed E-state index contributed by atoms with van der Waals surface area (Å²) in [6.07, 6.45) is -15.9. The van der Waals surface area contributed by atoms with Crippen LogP contribution in [0.2, 0.25) is 0 Å². The zero-order valence-electron chi connectivity index (χ0n) is 48.2. The summed E-state index contributed by atoms with van der Waals surface area (Å²) in [7, 11) is 0. The van der Waals surface area contributed by atoms with Gasteiger partial charge >= 0.3 is 5.97 Å². The van der Waals surface area contributed by atoms with Crippen LogP contribution in [0.25, 0.3) is 0 Å². The van der Waals surface area contributed by atoms with Gasteiger partial charge in [0.2, 0.25) is 0 Å². The van der Waals surface area contributed by atoms with E-state index in [2.05, 4.69) is 41.2 Å². The van der Waals surface area contributed by atoms with Gasteiger partial charge in [-0.05, 0) is 157 Å². The lowest BCUT2D eigenvalue weighted by Gasteiger charge is -2.70. The summed E-state index contributed by atoms with van der Waals surface area (Å²) in [5.74, 6) is -0.0553. The fourth-order valence-corrected chi connectivity index (χ4v) is 16.0. The Morgan fingerprint density at radius 1 is 0.671 bits per heavy atom. The molecule has 13 N–H and O–H groups in total. The molecule has 26 atom stereocenters. The van der Waals surface area contributed by atoms with Gasteiger partial charge < -0.3 is 99.5 Å². The zero-order chi connectivity index (χ0) is 58.7. The Hall–Kier alpha value is -1.81. The summed E-state index contributed by atoms with van der Waals surface area (Å²) in [5, 5.41) is 142. The third-order valence-electron chi connectivity index (χ3n) is 21.3. The van der Waals surface area contributed by atoms with Crippen LogP contribution in [-0.2, 0) is 38.0 Å². The quantitative estimate of drug-likeness (QED) is 0.0354. The smallest absolute Gasteiger partial charge is 0.333 e. The molecule has 0 spiro atoms. The molecule has 3 aliphatic heterocycles. The van der Waals surface area contributed by atoms with Crippen molar-refractivity contribution in [1.82, 2.24) is 0 Å². The maximum absolute atomic E-state index is 13.8. The normalized spacial score (nSPS) is 46.4. The monoisotopic (exact) mass is 1130 g/mol. The number of fused-ring (bicyclic) bond motifs is 5. The molecule has 79 heavy (non-hydrogen) atoms. The largest absolute Gasteiger partial charge is 0.451 e. The van der Waals surface area contributed by atoms with E-state index >= 15 is 0 Å². The zero-order valence-corrected chi connectivity index (χ0v) is 48.2. The number of esters is 1. The van der Waals surface area contributed by atoms with Crippen molar-refractivity contribution in [2.75, 3.05) is 19.8 Å². The summed E-state index contributed by atoms with van der Waals surface area (Å²) in [6, 6.07) is 0. The molecule has 4 saturated carbocycles. The van der Waals surface area contributed by atoms with Crippen molar-refractivity contribution in [2.45, 2.75) is 267 Å². The maximum atomic E-state index is 13.8. The van der Waals surface area contributed by atoms with Crippen molar-refractivity contribution in [3.05, 3.63) is 24.3 Å². The minimum absolute atomic E-state index is 0.0246. The number of hydrogen-bond donors (Lipinski definition) is 13. The van der Waals surface area contributed by atoms with E-state index in [1.165, 1.54) is 19.1 Å². The van der Waals surface area contributed by atoms with Gasteiger partial charge in [-0.3, -0.25) is 0 Å². The van der Waals surface area contributed by atoms with Crippen LogP contribution in [0.3, 0.4) is 0 Å². The highest BCUT2D eigenvalue weighted by molar-refractivity contribution is 5.87. The molecule has 7 rings (SSSR count). The van der Waals surface area contributed by atoms with E-state index in [9.17, 15) is 71.2 Å². The maximum Gasteiger partial charge on any atom is 0.333 e. The minimum Gasteiger partial charge on any atom is -0.451 e. The lowest BCUT2D eigenvalue weighted by atomic mass is 9.35. The van der Waals surface area contributed by atoms with Gasteiger partial charge in [-0.25, -0.2) is 4.79 Å². The molecule has 0 aromatic heterocycles. The fraction of sp³-hybridized carbons (Fsp3) is 0.914. The standard InChI is InChI=1S/C58H98O21/c1-12-54(7,71)21-13-14-29(2)48(69)78-47-46(79-50-45(68)42(65)39(62)32(26-59)74-50)41(64)33(27-60)75-51(47)73-28-34-40(63)43(66)44(67)49(76-34)77-38-20-22-55(8)35(52(38,3)4)18-24-57(10)36(55)16-15-30-31(17-23-56(30,57)9)58(11,72)25-19-37(61)53(5,6)70/h12,14,30-47,49-51,59-68,70-72H,1,13,15-28H2,2-11H3/b29-14+/t30?,31?,32-,33-,34-,35?,36?,37?,38?,39-,40-,41-,42+,43+,44-,45-,46+,47-,49+,50+,51-,54?,55?,56?,57?,58?/m1/s1. The number of carbonyl (C=O) groups is 1. The summed E-state index contributed by atoms with van der Waals surface area (Å²) in [5.41, 5.74) is -4.08. The van der Waals surface area contributed by atoms with Gasteiger partial charge in [0.25, 0.3) is 0 Å². The Morgan fingerprint density at radius 2 is 1.24 bits per heavy atom. The molecule has 3 heterocycles. The van der Waals surface area contributed by atoms with Crippen LogP contribution >= 0.6 is 0 Å². The third kappa shape index (κ3) is 12.5. The second-order valence-electron chi connectivity index (χ2n) is 27.1. The second kappa shape index (κ2) is 24.3. The topological polar surface area (TPSA) is 345 Å². The van der Waals surface area contributed by atoms with Crippen molar-refractivity contribution in [1.29, 1.82) is 0 Å². The number of ether oxygens (including phenoxy) is 7. The predicted octanol–water partition coefficient (Wildman–Crippen LogP) is 1.38. The molecule has 11 unspecified atom stereocenters. The molecule has 0 bridgehead atoms. The molecule has 21 nitrogen and oxygen atoms in total. The molecule has 0 radical (unpaired) electrons. The number of rotatable bonds is 20. The lowest BCUT2D eigenvalue weighted by molar-refractivity contribution is -0.368. The molecular weight excluding hydrogens is 1030 g/mol. The first-order chi connectivity index (χ1) is 36.6. The van der Waals surface area contributed by atoms with Crippen LogP contribution in [0, 0.1) is 45.3 Å². The van der Waals surface area contributed by atoms with E-state index in [1.807, 2.05) is 6.92 Å². The van der Waals surface area contributed by atoms with E-state index in [0.717, 1.165) is 44.9 Å². The summed E-state index contributed by atoms with van der Waals surface area (Å²) in [4.78, 5) is 13.8. The molecule has 21 heteroatoms. The van der Waals surface area contributed by atoms with Gasteiger partial charge in [0.05, 0.1) is 48.8 Å². The van der Waals surface area contributed by atoms with Crippen molar-refractivity contribution in [2.24, 2.45) is 45.3 Å². The van der Waals surface area contributed by atoms with Gasteiger partial charge in [-0.1, -0.05) is 46.8 Å². The van der Waals surface area contributed by atoms with E-state index in [4.69, 9.17) is 33.2 Å². The van der Waals surface area contributed by atoms with Crippen LogP contribution in [0.4, 0.5) is 0 Å². The van der Waals surface area contributed by atoms with E-state index in [1.54, 1.807) is 20.8 Å². The van der Waals surface area contributed by atoms with Crippen molar-refractivity contribution in [3.63, 3.8) is 0 Å². The van der Waals surface area contributed by atoms with E-state index < -0.39 is 152 Å². The highest BCUT2D eigenvalue weighted by atomic mass is 16.8. The highest BCUT2D eigenvalue weighted by Crippen LogP contribution is 2.76. The van der Waals surface area contributed by atoms with Crippen LogP contribution in [-0.4, -0.2) is 213 Å². The SMILES string of the molecule is C=CC(C)(O)CC/C=C(\C)C(=O)O[C@H]1[C@H](OC[C@H]2O[C@@H](OC3CCC4(C)C(CCC5(C)C4CCC4C(C(C)(O)CCC(O)C(C)(C)O)CCC45C)C3(C)C)[C@H](O)[C@@H](O)[C@@H]2O)O[C@H](CO)[C@@H](O)[C@@H]1O[C@@H]1O[C@H](CO)[C@@H](O)[C@H](O)[C@H]1O. The van der Waals surface area contributed by atoms with Crippen LogP contribution in [0.1, 0.15) is 146 Å². The summed E-state index contributed by atoms with van der Waals surface area (Å²) in [6.45, 7) is 21.1. The van der Waals surface area contributed by atoms with Crippen LogP contribution in [0.5, 0.6) is 0 Å². The van der Waals surface area contributed by atoms with Gasteiger partial charge in [-0.15, -0.1) is 6.58 Å². The van der Waals surface area contributed by atoms with Crippen LogP contribution < -0.4 is 0 Å². The van der Waals surface area contributed by atoms with Crippen molar-refractivity contribution >= 4 is 5.97 Å². The molecule has 0 amide bonds. The molecule has 0 aromatic carbocycles. The molecular formula is C58H98O21. The number of aliphatic hydroxyl groups is 13. The van der Waals surface area contributed by atoms with Crippen molar-refractivity contribution < 1.29 is 104 Å². The molecule has 4 aliphatic carbocycles. The Balaban J connectivity index is 1.07. The molecule has 456 valence electrons. The molecule has 7 aliphatic rings. The number of hydrogen-bond acceptors (Lipinski definition) is 21. The van der Waals surface area contributed by atoms with Crippen LogP contribution in [0.15, 0.2) is 24.3 Å². The predicted molar refractivity (Wildman–Crippen MR) is 283 cm³/mol. The lowest BCUT2D eigenvalue weighted by Crippen LogP contribution is -2.66. The number of carbonyl (C=O) groups excluding carboxylic acids is 1. The average Bonchev–Trinajstić information content (AvgIpc) is 4.04. The number of allylic oxidation sites excluding steroid dienone is 1. The molecule has 0 aromatic rings. The number of aliphatic hydroxyl groups excluding tert-OH is 10. The van der Waals surface area contributed by atoms with Gasteiger partial charge in [0.1, 0.15) is 67.1 Å². The van der Waals surface area contributed by atoms with E-state index in [0.29, 0.717) is 31.1 Å². The van der Waals surface area contributed by atoms with Crippen molar-refractivity contribution in [3.8, 4) is 0 Å². The molecule has 3 saturated heterocycles. The average molecular weight is 1130 g/mol. The molecule has 7 fully saturated rings. The fourth-order valence-electron chi connectivity index (χ4n) is 16.0. The van der Waals surface area contributed by atoms with Gasteiger partial charge in [0.15, 0.2) is 25.0 Å². The van der Waals surface area contributed by atoms with Gasteiger partial charge in [0, 0.05) is 5.57 Å². The summed E-state index contributed by atoms with van der Waals surface area (Å²) < 4.78 is 42.6. The Kier molecular flexibility index (Phi) is 19.9. The Morgan fingerprint density at radius 3 is 1.85 bits per heavy atom.